The van der Waals surface area contributed by atoms with Crippen LogP contribution in [0.15, 0.2) is 0 Å². The second-order valence-corrected chi connectivity index (χ2v) is 8.43. The van der Waals surface area contributed by atoms with Gasteiger partial charge in [0.2, 0.25) is 0 Å². The SMILES string of the molecule is CCOC(=O)C1CCC(O)(CS(=O)(=O)CC(C)CC)CC1. The van der Waals surface area contributed by atoms with E-state index in [1.165, 1.54) is 0 Å². The number of carbonyl (C=O) groups is 1. The Hall–Kier alpha value is -0.620. The number of ether oxygens (including phenoxy) is 1. The molecule has 0 bridgehead atoms. The first kappa shape index (κ1) is 18.4. The van der Waals surface area contributed by atoms with E-state index >= 15 is 0 Å². The summed E-state index contributed by atoms with van der Waals surface area (Å²) in [6.45, 7) is 5.97. The molecule has 0 aromatic heterocycles. The van der Waals surface area contributed by atoms with E-state index in [2.05, 4.69) is 0 Å². The van der Waals surface area contributed by atoms with Gasteiger partial charge in [0.25, 0.3) is 0 Å². The first-order chi connectivity index (χ1) is 9.71. The Morgan fingerprint density at radius 2 is 1.90 bits per heavy atom. The molecule has 0 heterocycles. The van der Waals surface area contributed by atoms with Crippen molar-refractivity contribution < 1.29 is 23.1 Å². The van der Waals surface area contributed by atoms with Crippen LogP contribution in [0.3, 0.4) is 0 Å². The minimum atomic E-state index is -3.27. The van der Waals surface area contributed by atoms with Gasteiger partial charge in [-0.1, -0.05) is 20.3 Å². The highest BCUT2D eigenvalue weighted by molar-refractivity contribution is 7.91. The van der Waals surface area contributed by atoms with Crippen LogP contribution in [-0.4, -0.2) is 43.2 Å². The van der Waals surface area contributed by atoms with E-state index in [9.17, 15) is 18.3 Å². The highest BCUT2D eigenvalue weighted by atomic mass is 32.2. The summed E-state index contributed by atoms with van der Waals surface area (Å²) in [6.07, 6.45) is 2.48. The van der Waals surface area contributed by atoms with Crippen LogP contribution < -0.4 is 0 Å². The fourth-order valence-electron chi connectivity index (χ4n) is 2.81. The average molecular weight is 320 g/mol. The van der Waals surface area contributed by atoms with Gasteiger partial charge >= 0.3 is 5.97 Å². The molecule has 0 radical (unpaired) electrons. The van der Waals surface area contributed by atoms with Gasteiger partial charge in [-0.3, -0.25) is 4.79 Å². The number of carbonyl (C=O) groups excluding carboxylic acids is 1. The molecule has 1 aliphatic rings. The number of hydrogen-bond acceptors (Lipinski definition) is 5. The largest absolute Gasteiger partial charge is 0.466 e. The van der Waals surface area contributed by atoms with Crippen molar-refractivity contribution in [3.63, 3.8) is 0 Å². The standard InChI is InChI=1S/C15H28O5S/c1-4-12(3)10-21(18,19)11-15(17)8-6-13(7-9-15)14(16)20-5-2/h12-13,17H,4-11H2,1-3H3. The van der Waals surface area contributed by atoms with Crippen LogP contribution in [0.2, 0.25) is 0 Å². The molecule has 1 unspecified atom stereocenters. The molecule has 6 heteroatoms. The summed E-state index contributed by atoms with van der Waals surface area (Å²) >= 11 is 0. The molecule has 0 amide bonds. The van der Waals surface area contributed by atoms with Crippen LogP contribution in [0.25, 0.3) is 0 Å². The topological polar surface area (TPSA) is 80.7 Å². The normalized spacial score (nSPS) is 28.1. The van der Waals surface area contributed by atoms with Gasteiger partial charge < -0.3 is 9.84 Å². The Labute approximate surface area is 128 Å². The van der Waals surface area contributed by atoms with E-state index in [1.54, 1.807) is 6.92 Å². The van der Waals surface area contributed by atoms with E-state index < -0.39 is 15.4 Å². The molecule has 1 saturated carbocycles. The van der Waals surface area contributed by atoms with Crippen molar-refractivity contribution in [2.75, 3.05) is 18.1 Å². The van der Waals surface area contributed by atoms with E-state index in [0.717, 1.165) is 6.42 Å². The molecule has 0 aromatic carbocycles. The highest BCUT2D eigenvalue weighted by Gasteiger charge is 2.39. The lowest BCUT2D eigenvalue weighted by molar-refractivity contribution is -0.150. The number of esters is 1. The van der Waals surface area contributed by atoms with Crippen LogP contribution in [0.1, 0.15) is 52.9 Å². The third kappa shape index (κ3) is 5.94. The predicted molar refractivity (Wildman–Crippen MR) is 81.6 cm³/mol. The average Bonchev–Trinajstić information content (AvgIpc) is 2.37. The Morgan fingerprint density at radius 1 is 1.33 bits per heavy atom. The zero-order valence-electron chi connectivity index (χ0n) is 13.3. The Balaban J connectivity index is 2.56. The fraction of sp³-hybridized carbons (Fsp3) is 0.933. The second kappa shape index (κ2) is 7.58. The molecule has 21 heavy (non-hydrogen) atoms. The van der Waals surface area contributed by atoms with Gasteiger partial charge in [-0.25, -0.2) is 8.42 Å². The van der Waals surface area contributed by atoms with Gasteiger partial charge in [-0.2, -0.15) is 0 Å². The Bertz CT molecular complexity index is 435. The lowest BCUT2D eigenvalue weighted by Crippen LogP contribution is -2.43. The van der Waals surface area contributed by atoms with Crippen LogP contribution >= 0.6 is 0 Å². The first-order valence-corrected chi connectivity index (χ1v) is 9.63. The molecule has 0 aromatic rings. The monoisotopic (exact) mass is 320 g/mol. The summed E-state index contributed by atoms with van der Waals surface area (Å²) in [5.41, 5.74) is -1.19. The van der Waals surface area contributed by atoms with E-state index in [4.69, 9.17) is 4.74 Å². The molecular formula is C15H28O5S. The van der Waals surface area contributed by atoms with Crippen molar-refractivity contribution in [3.8, 4) is 0 Å². The number of sulfone groups is 1. The lowest BCUT2D eigenvalue weighted by Gasteiger charge is -2.35. The van der Waals surface area contributed by atoms with Crippen molar-refractivity contribution in [1.29, 1.82) is 0 Å². The molecule has 124 valence electrons. The molecule has 0 spiro atoms. The summed E-state index contributed by atoms with van der Waals surface area (Å²) < 4.78 is 29.3. The van der Waals surface area contributed by atoms with E-state index in [1.807, 2.05) is 13.8 Å². The smallest absolute Gasteiger partial charge is 0.308 e. The van der Waals surface area contributed by atoms with E-state index in [-0.39, 0.29) is 29.3 Å². The summed E-state index contributed by atoms with van der Waals surface area (Å²) in [7, 11) is -3.27. The summed E-state index contributed by atoms with van der Waals surface area (Å²) in [6, 6.07) is 0. The van der Waals surface area contributed by atoms with Gasteiger partial charge in [-0.15, -0.1) is 0 Å². The quantitative estimate of drug-likeness (QED) is 0.725. The minimum absolute atomic E-state index is 0.106. The minimum Gasteiger partial charge on any atom is -0.466 e. The van der Waals surface area contributed by atoms with Crippen LogP contribution in [0, 0.1) is 11.8 Å². The molecule has 5 nitrogen and oxygen atoms in total. The third-order valence-electron chi connectivity index (χ3n) is 4.26. The lowest BCUT2D eigenvalue weighted by atomic mass is 9.80. The number of aliphatic hydroxyl groups is 1. The van der Waals surface area contributed by atoms with Crippen molar-refractivity contribution in [2.24, 2.45) is 11.8 Å². The first-order valence-electron chi connectivity index (χ1n) is 7.81. The van der Waals surface area contributed by atoms with Gasteiger partial charge in [0.05, 0.1) is 29.6 Å². The molecule has 0 aliphatic heterocycles. The van der Waals surface area contributed by atoms with Crippen LogP contribution in [0.5, 0.6) is 0 Å². The van der Waals surface area contributed by atoms with Crippen molar-refractivity contribution in [3.05, 3.63) is 0 Å². The zero-order chi connectivity index (χ0) is 16.1. The predicted octanol–water partition coefficient (Wildman–Crippen LogP) is 1.93. The maximum absolute atomic E-state index is 12.1. The molecule has 1 fully saturated rings. The van der Waals surface area contributed by atoms with Gasteiger partial charge in [0.15, 0.2) is 9.84 Å². The Morgan fingerprint density at radius 3 is 2.38 bits per heavy atom. The van der Waals surface area contributed by atoms with Gasteiger partial charge in [0, 0.05) is 0 Å². The van der Waals surface area contributed by atoms with Crippen molar-refractivity contribution in [2.45, 2.75) is 58.5 Å². The molecule has 0 saturated heterocycles. The van der Waals surface area contributed by atoms with Crippen LogP contribution in [0.4, 0.5) is 0 Å². The fourth-order valence-corrected chi connectivity index (χ4v) is 5.14. The second-order valence-electron chi connectivity index (χ2n) is 6.32. The summed E-state index contributed by atoms with van der Waals surface area (Å²) in [4.78, 5) is 11.7. The zero-order valence-corrected chi connectivity index (χ0v) is 14.1. The highest BCUT2D eigenvalue weighted by Crippen LogP contribution is 2.34. The molecule has 1 rings (SSSR count). The summed E-state index contributed by atoms with van der Waals surface area (Å²) in [5.74, 6) is -0.411. The molecule has 1 atom stereocenters. The van der Waals surface area contributed by atoms with Crippen LogP contribution in [-0.2, 0) is 19.4 Å². The van der Waals surface area contributed by atoms with Gasteiger partial charge in [-0.05, 0) is 38.5 Å². The molecule has 1 aliphatic carbocycles. The third-order valence-corrected chi connectivity index (χ3v) is 6.31. The van der Waals surface area contributed by atoms with Gasteiger partial charge in [0.1, 0.15) is 0 Å². The molecular weight excluding hydrogens is 292 g/mol. The van der Waals surface area contributed by atoms with Crippen molar-refractivity contribution >= 4 is 15.8 Å². The summed E-state index contributed by atoms with van der Waals surface area (Å²) in [5, 5.41) is 10.5. The molecule has 1 N–H and O–H groups in total. The number of hydrogen-bond donors (Lipinski definition) is 1. The number of rotatable bonds is 7. The maximum Gasteiger partial charge on any atom is 0.308 e. The Kier molecular flexibility index (Phi) is 6.66. The van der Waals surface area contributed by atoms with Crippen molar-refractivity contribution in [1.82, 2.24) is 0 Å². The van der Waals surface area contributed by atoms with E-state index in [0.29, 0.717) is 32.3 Å². The maximum atomic E-state index is 12.1.